The lowest BCUT2D eigenvalue weighted by Crippen LogP contribution is -2.44. The van der Waals surface area contributed by atoms with Crippen molar-refractivity contribution in [2.45, 2.75) is 20.8 Å². The molecule has 11 heteroatoms. The molecule has 0 spiro atoms. The molecule has 1 aliphatic heterocycles. The average Bonchev–Trinajstić information content (AvgIpc) is 3.24. The number of hydrogen-bond acceptors (Lipinski definition) is 9. The van der Waals surface area contributed by atoms with Crippen LogP contribution in [-0.4, -0.2) is 63.6 Å². The first-order chi connectivity index (χ1) is 16.1. The fourth-order valence-electron chi connectivity index (χ4n) is 3.17. The predicted molar refractivity (Wildman–Crippen MR) is 131 cm³/mol. The van der Waals surface area contributed by atoms with Crippen LogP contribution in [0.25, 0.3) is 11.2 Å². The summed E-state index contributed by atoms with van der Waals surface area (Å²) in [7, 11) is 3.12. The van der Waals surface area contributed by atoms with Crippen molar-refractivity contribution in [2.24, 2.45) is 12.8 Å². The van der Waals surface area contributed by atoms with Crippen LogP contribution >= 0.6 is 0 Å². The van der Waals surface area contributed by atoms with Gasteiger partial charge in [-0.15, -0.1) is 0 Å². The number of anilines is 3. The Kier molecular flexibility index (Phi) is 9.53. The van der Waals surface area contributed by atoms with Crippen LogP contribution in [-0.2, 0) is 7.05 Å². The van der Waals surface area contributed by atoms with Gasteiger partial charge >= 0.3 is 0 Å². The number of nitrogens with two attached hydrogens (primary N) is 1. The van der Waals surface area contributed by atoms with Crippen LogP contribution in [0.2, 0.25) is 0 Å². The number of nitrogens with one attached hydrogen (secondary N) is 2. The molecule has 4 heterocycles. The number of pyridine rings is 1. The minimum absolute atomic E-state index is 0.265. The summed E-state index contributed by atoms with van der Waals surface area (Å²) in [6.07, 6.45) is 2.16. The summed E-state index contributed by atoms with van der Waals surface area (Å²) in [6, 6.07) is 6.25. The van der Waals surface area contributed by atoms with Crippen LogP contribution in [0, 0.1) is 12.0 Å². The molecular formula is C22H31N9O2. The molecule has 0 atom stereocenters. The zero-order valence-corrected chi connectivity index (χ0v) is 19.7. The average molecular weight is 454 g/mol. The second-order valence-corrected chi connectivity index (χ2v) is 6.54. The van der Waals surface area contributed by atoms with E-state index in [1.807, 2.05) is 13.8 Å². The van der Waals surface area contributed by atoms with Gasteiger partial charge in [0.05, 0.1) is 0 Å². The van der Waals surface area contributed by atoms with Crippen molar-refractivity contribution in [1.29, 1.82) is 0 Å². The molecule has 0 aromatic carbocycles. The van der Waals surface area contributed by atoms with Gasteiger partial charge in [-0.3, -0.25) is 14.2 Å². The number of hydrogen-bond donors (Lipinski definition) is 3. The zero-order valence-electron chi connectivity index (χ0n) is 19.7. The molecule has 11 nitrogen and oxygen atoms in total. The van der Waals surface area contributed by atoms with Gasteiger partial charge in [0.2, 0.25) is 11.9 Å². The number of nitrogens with zero attached hydrogens (tertiary/aromatic N) is 6. The highest BCUT2D eigenvalue weighted by Gasteiger charge is 2.22. The van der Waals surface area contributed by atoms with Crippen molar-refractivity contribution in [1.82, 2.24) is 29.4 Å². The monoisotopic (exact) mass is 453 g/mol. The molecular weight excluding hydrogens is 422 g/mol. The molecule has 3 aromatic heterocycles. The van der Waals surface area contributed by atoms with Gasteiger partial charge in [0.25, 0.3) is 5.56 Å². The number of piperazine rings is 1. The Balaban J connectivity index is 0.000000914. The summed E-state index contributed by atoms with van der Waals surface area (Å²) < 4.78 is 3.02. The molecule has 0 unspecified atom stereocenters. The Bertz CT molecular complexity index is 1180. The molecule has 1 fully saturated rings. The molecule has 0 bridgehead atoms. The van der Waals surface area contributed by atoms with Gasteiger partial charge in [0, 0.05) is 51.0 Å². The summed E-state index contributed by atoms with van der Waals surface area (Å²) in [6.45, 7) is 8.93. The topological polar surface area (TPSA) is 136 Å². The van der Waals surface area contributed by atoms with E-state index in [1.54, 1.807) is 30.7 Å². The maximum Gasteiger partial charge on any atom is 0.282 e. The van der Waals surface area contributed by atoms with E-state index in [2.05, 4.69) is 48.2 Å². The summed E-state index contributed by atoms with van der Waals surface area (Å²) in [5.41, 5.74) is 5.35. The molecule has 0 saturated carbocycles. The first-order valence-electron chi connectivity index (χ1n) is 10.8. The summed E-state index contributed by atoms with van der Waals surface area (Å²) >= 11 is 0. The fourth-order valence-corrected chi connectivity index (χ4v) is 3.17. The Labute approximate surface area is 193 Å². The van der Waals surface area contributed by atoms with E-state index in [-0.39, 0.29) is 5.56 Å². The predicted octanol–water partition coefficient (Wildman–Crippen LogP) is 0.921. The van der Waals surface area contributed by atoms with E-state index in [4.69, 9.17) is 0 Å². The molecule has 0 radical (unpaired) electrons. The lowest BCUT2D eigenvalue weighted by Gasteiger charge is -2.27. The van der Waals surface area contributed by atoms with Crippen molar-refractivity contribution >= 4 is 35.2 Å². The quantitative estimate of drug-likeness (QED) is 0.389. The standard InChI is InChI=1S/C19H20N8O2.C2H6.CH5N/c1-3-8-27-15-16(24-19(27)26-9-6-20-7-10-26)23-18(25(2)17(15)29)22-14-5-4-13(12-28)11-21-14;2*1-2/h4-5,11-12,20H,6-7,9-10H2,1-2H3,(H,21,22,23);1-2H3;2H2,1H3. The highest BCUT2D eigenvalue weighted by atomic mass is 16.1. The molecule has 33 heavy (non-hydrogen) atoms. The van der Waals surface area contributed by atoms with E-state index in [0.717, 1.165) is 32.5 Å². The number of aromatic nitrogens is 5. The molecule has 4 N–H and O–H groups in total. The third-order valence-corrected chi connectivity index (χ3v) is 4.66. The van der Waals surface area contributed by atoms with Gasteiger partial charge in [0.1, 0.15) is 5.82 Å². The highest BCUT2D eigenvalue weighted by Crippen LogP contribution is 2.21. The molecule has 1 saturated heterocycles. The Morgan fingerprint density at radius 2 is 1.88 bits per heavy atom. The van der Waals surface area contributed by atoms with Gasteiger partial charge in [0.15, 0.2) is 17.5 Å². The van der Waals surface area contributed by atoms with Gasteiger partial charge in [-0.05, 0) is 26.1 Å². The van der Waals surface area contributed by atoms with Crippen LogP contribution in [0.15, 0.2) is 23.1 Å². The second-order valence-electron chi connectivity index (χ2n) is 6.54. The molecule has 3 aromatic rings. The maximum absolute atomic E-state index is 13.1. The van der Waals surface area contributed by atoms with E-state index >= 15 is 0 Å². The summed E-state index contributed by atoms with van der Waals surface area (Å²) in [4.78, 5) is 39.3. The van der Waals surface area contributed by atoms with Crippen molar-refractivity contribution in [3.63, 3.8) is 0 Å². The molecule has 4 rings (SSSR count). The van der Waals surface area contributed by atoms with Crippen LogP contribution < -0.4 is 26.8 Å². The van der Waals surface area contributed by atoms with Crippen LogP contribution in [0.3, 0.4) is 0 Å². The largest absolute Gasteiger partial charge is 0.339 e. The van der Waals surface area contributed by atoms with Gasteiger partial charge in [-0.2, -0.15) is 9.97 Å². The van der Waals surface area contributed by atoms with Crippen molar-refractivity contribution in [3.8, 4) is 12.0 Å². The number of rotatable bonds is 4. The van der Waals surface area contributed by atoms with Crippen molar-refractivity contribution in [3.05, 3.63) is 34.2 Å². The van der Waals surface area contributed by atoms with E-state index in [1.165, 1.54) is 17.8 Å². The van der Waals surface area contributed by atoms with Crippen LogP contribution in [0.5, 0.6) is 0 Å². The fraction of sp³-hybridized carbons (Fsp3) is 0.409. The van der Waals surface area contributed by atoms with Crippen molar-refractivity contribution < 1.29 is 4.79 Å². The van der Waals surface area contributed by atoms with E-state index < -0.39 is 0 Å². The van der Waals surface area contributed by atoms with Gasteiger partial charge in [-0.25, -0.2) is 9.55 Å². The Hall–Kier alpha value is -3.75. The number of aldehydes is 1. The molecule has 0 amide bonds. The lowest BCUT2D eigenvalue weighted by molar-refractivity contribution is 0.112. The van der Waals surface area contributed by atoms with E-state index in [0.29, 0.717) is 34.4 Å². The van der Waals surface area contributed by atoms with E-state index in [9.17, 15) is 9.59 Å². The first-order valence-corrected chi connectivity index (χ1v) is 10.8. The summed E-state index contributed by atoms with van der Waals surface area (Å²) in [5.74, 6) is 4.24. The Morgan fingerprint density at radius 3 is 2.45 bits per heavy atom. The zero-order chi connectivity index (χ0) is 24.4. The lowest BCUT2D eigenvalue weighted by atomic mass is 10.3. The van der Waals surface area contributed by atoms with Crippen molar-refractivity contribution in [2.75, 3.05) is 43.4 Å². The second kappa shape index (κ2) is 12.3. The maximum atomic E-state index is 13.1. The Morgan fingerprint density at radius 1 is 1.18 bits per heavy atom. The number of carbonyl (C=O) groups is 1. The number of imidazole rings is 1. The SMILES string of the molecule is CC.CC#Cn1c(N2CCNCC2)nc2nc(Nc3ccc(C=O)cn3)n(C)c(=O)c21.CN. The third kappa shape index (κ3) is 5.54. The smallest absolute Gasteiger partial charge is 0.282 e. The van der Waals surface area contributed by atoms with Gasteiger partial charge < -0.3 is 21.3 Å². The number of fused-ring (bicyclic) bond motifs is 1. The first kappa shape index (κ1) is 25.5. The molecule has 1 aliphatic rings. The minimum atomic E-state index is -0.265. The number of carbonyl (C=O) groups excluding carboxylic acids is 1. The van der Waals surface area contributed by atoms with Crippen LogP contribution in [0.4, 0.5) is 17.7 Å². The molecule has 176 valence electrons. The van der Waals surface area contributed by atoms with Gasteiger partial charge in [-0.1, -0.05) is 19.8 Å². The normalized spacial score (nSPS) is 12.5. The highest BCUT2D eigenvalue weighted by molar-refractivity contribution is 5.78. The van der Waals surface area contributed by atoms with Crippen LogP contribution in [0.1, 0.15) is 31.1 Å². The summed E-state index contributed by atoms with van der Waals surface area (Å²) in [5, 5.41) is 6.31. The minimum Gasteiger partial charge on any atom is -0.339 e. The third-order valence-electron chi connectivity index (χ3n) is 4.66. The molecule has 0 aliphatic carbocycles.